The minimum absolute atomic E-state index is 0.0123. The lowest BCUT2D eigenvalue weighted by Crippen LogP contribution is -2.47. The molecule has 148 valence electrons. The Morgan fingerprint density at radius 2 is 2.11 bits per heavy atom. The van der Waals surface area contributed by atoms with Crippen molar-refractivity contribution in [2.75, 3.05) is 25.3 Å². The van der Waals surface area contributed by atoms with Crippen LogP contribution in [-0.2, 0) is 14.5 Å². The first-order valence-electron chi connectivity index (χ1n) is 8.72. The molecule has 0 unspecified atom stereocenters. The third-order valence-corrected chi connectivity index (χ3v) is 8.09. The van der Waals surface area contributed by atoms with Gasteiger partial charge < -0.3 is 19.7 Å². The van der Waals surface area contributed by atoms with Crippen LogP contribution in [0, 0.1) is 0 Å². The smallest absolute Gasteiger partial charge is 0.248 e. The van der Waals surface area contributed by atoms with E-state index in [0.29, 0.717) is 34.4 Å². The molecule has 3 heterocycles. The van der Waals surface area contributed by atoms with Gasteiger partial charge in [-0.1, -0.05) is 17.7 Å². The van der Waals surface area contributed by atoms with Crippen molar-refractivity contribution in [3.05, 3.63) is 39.5 Å². The predicted molar refractivity (Wildman–Crippen MR) is 112 cm³/mol. The lowest BCUT2D eigenvalue weighted by atomic mass is 10.1. The minimum Gasteiger partial charge on any atom is -0.495 e. The van der Waals surface area contributed by atoms with E-state index < -0.39 is 10.9 Å². The number of nitrogens with zero attached hydrogens (tertiary/aromatic N) is 1. The van der Waals surface area contributed by atoms with Gasteiger partial charge in [0.15, 0.2) is 0 Å². The number of thiophene rings is 1. The Kier molecular flexibility index (Phi) is 5.20. The van der Waals surface area contributed by atoms with Gasteiger partial charge in [-0.2, -0.15) is 0 Å². The fourth-order valence-electron chi connectivity index (χ4n) is 3.76. The predicted octanol–water partition coefficient (Wildman–Crippen LogP) is 3.95. The summed E-state index contributed by atoms with van der Waals surface area (Å²) in [7, 11) is 3.02. The number of rotatable bonds is 5. The molecule has 28 heavy (non-hydrogen) atoms. The van der Waals surface area contributed by atoms with Crippen LogP contribution in [0.2, 0.25) is 5.02 Å². The van der Waals surface area contributed by atoms with Gasteiger partial charge in [-0.15, -0.1) is 23.1 Å². The van der Waals surface area contributed by atoms with Gasteiger partial charge in [0.25, 0.3) is 0 Å². The largest absolute Gasteiger partial charge is 0.495 e. The molecule has 4 rings (SSSR count). The zero-order valence-corrected chi connectivity index (χ0v) is 17.7. The molecule has 1 N–H and O–H groups in total. The number of carbonyl (C=O) groups is 2. The van der Waals surface area contributed by atoms with E-state index in [1.165, 1.54) is 14.2 Å². The van der Waals surface area contributed by atoms with Crippen molar-refractivity contribution in [2.45, 2.75) is 23.8 Å². The Balaban J connectivity index is 1.61. The molecule has 6 nitrogen and oxygen atoms in total. The number of carbonyl (C=O) groups excluding carboxylic acids is 2. The lowest BCUT2D eigenvalue weighted by Gasteiger charge is -2.32. The van der Waals surface area contributed by atoms with Crippen LogP contribution in [0.3, 0.4) is 0 Å². The quantitative estimate of drug-likeness (QED) is 0.765. The van der Waals surface area contributed by atoms with E-state index in [1.807, 2.05) is 17.5 Å². The Bertz CT molecular complexity index is 921. The van der Waals surface area contributed by atoms with Crippen molar-refractivity contribution in [1.29, 1.82) is 0 Å². The van der Waals surface area contributed by atoms with E-state index in [2.05, 4.69) is 5.32 Å². The lowest BCUT2D eigenvalue weighted by molar-refractivity contribution is -0.136. The summed E-state index contributed by atoms with van der Waals surface area (Å²) in [6.45, 7) is 0. The fraction of sp³-hybridized carbons (Fsp3) is 0.368. The standard InChI is InChI=1S/C19H19ClN2O4S2/c1-25-14-9-15(26-2)12(8-11(14)20)21-18(24)13-10-28-19(16-4-3-7-27-16)6-5-17(23)22(13)19/h3-4,7-9,13H,5-6,10H2,1-2H3,(H,21,24)/t13-,19+/m0/s1. The van der Waals surface area contributed by atoms with Crippen LogP contribution in [0.5, 0.6) is 11.5 Å². The zero-order valence-electron chi connectivity index (χ0n) is 15.4. The van der Waals surface area contributed by atoms with E-state index in [4.69, 9.17) is 21.1 Å². The van der Waals surface area contributed by atoms with Crippen LogP contribution in [-0.4, -0.2) is 42.7 Å². The summed E-state index contributed by atoms with van der Waals surface area (Å²) >= 11 is 9.49. The summed E-state index contributed by atoms with van der Waals surface area (Å²) in [5, 5.41) is 5.25. The molecule has 1 aromatic carbocycles. The normalized spacial score (nSPS) is 23.6. The first kappa shape index (κ1) is 19.4. The summed E-state index contributed by atoms with van der Waals surface area (Å²) < 4.78 is 10.5. The number of benzene rings is 1. The van der Waals surface area contributed by atoms with Crippen LogP contribution in [0.4, 0.5) is 5.69 Å². The van der Waals surface area contributed by atoms with E-state index in [0.717, 1.165) is 11.3 Å². The van der Waals surface area contributed by atoms with Crippen molar-refractivity contribution in [1.82, 2.24) is 4.90 Å². The maximum absolute atomic E-state index is 13.1. The summed E-state index contributed by atoms with van der Waals surface area (Å²) in [5.74, 6) is 1.21. The SMILES string of the molecule is COc1cc(OC)c(NC(=O)[C@@H]2CS[C@@]3(c4cccs4)CCC(=O)N23)cc1Cl. The Hall–Kier alpha value is -1.90. The second-order valence-electron chi connectivity index (χ2n) is 6.53. The van der Waals surface area contributed by atoms with Gasteiger partial charge in [0, 0.05) is 23.1 Å². The molecular weight excluding hydrogens is 420 g/mol. The second-order valence-corrected chi connectivity index (χ2v) is 9.18. The Morgan fingerprint density at radius 1 is 1.32 bits per heavy atom. The first-order chi connectivity index (χ1) is 13.5. The molecule has 0 saturated carbocycles. The highest BCUT2D eigenvalue weighted by Crippen LogP contribution is 2.55. The molecule has 1 aromatic heterocycles. The fourth-order valence-corrected chi connectivity index (χ4v) is 6.72. The van der Waals surface area contributed by atoms with Crippen LogP contribution in [0.15, 0.2) is 29.6 Å². The van der Waals surface area contributed by atoms with Crippen molar-refractivity contribution < 1.29 is 19.1 Å². The van der Waals surface area contributed by atoms with Gasteiger partial charge in [-0.25, -0.2) is 0 Å². The van der Waals surface area contributed by atoms with Crippen molar-refractivity contribution in [2.24, 2.45) is 0 Å². The highest BCUT2D eigenvalue weighted by atomic mass is 35.5. The van der Waals surface area contributed by atoms with Gasteiger partial charge in [0.1, 0.15) is 22.4 Å². The second kappa shape index (κ2) is 7.50. The monoisotopic (exact) mass is 438 g/mol. The molecule has 2 aliphatic rings. The molecule has 2 aliphatic heterocycles. The molecular formula is C19H19ClN2O4S2. The maximum atomic E-state index is 13.1. The Labute approximate surface area is 176 Å². The molecule has 2 amide bonds. The topological polar surface area (TPSA) is 67.9 Å². The average molecular weight is 439 g/mol. The van der Waals surface area contributed by atoms with Crippen LogP contribution >= 0.6 is 34.7 Å². The maximum Gasteiger partial charge on any atom is 0.248 e. The van der Waals surface area contributed by atoms with E-state index in [9.17, 15) is 9.59 Å². The summed E-state index contributed by atoms with van der Waals surface area (Å²) in [6, 6.07) is 6.69. The average Bonchev–Trinajstić information content (AvgIpc) is 3.40. The number of ether oxygens (including phenoxy) is 2. The van der Waals surface area contributed by atoms with Gasteiger partial charge in [-0.3, -0.25) is 9.59 Å². The number of fused-ring (bicyclic) bond motifs is 1. The summed E-state index contributed by atoms with van der Waals surface area (Å²) in [6.07, 6.45) is 1.17. The third kappa shape index (κ3) is 3.03. The molecule has 2 atom stereocenters. The number of nitrogens with one attached hydrogen (secondary N) is 1. The Morgan fingerprint density at radius 3 is 2.79 bits per heavy atom. The molecule has 0 aliphatic carbocycles. The first-order valence-corrected chi connectivity index (χ1v) is 11.0. The van der Waals surface area contributed by atoms with Gasteiger partial charge in [0.05, 0.1) is 24.9 Å². The molecule has 9 heteroatoms. The van der Waals surface area contributed by atoms with Crippen molar-refractivity contribution in [3.8, 4) is 11.5 Å². The highest BCUT2D eigenvalue weighted by Gasteiger charge is 2.57. The number of methoxy groups -OCH3 is 2. The van der Waals surface area contributed by atoms with E-state index in [-0.39, 0.29) is 11.8 Å². The van der Waals surface area contributed by atoms with Crippen molar-refractivity contribution >= 4 is 52.2 Å². The molecule has 0 spiro atoms. The highest BCUT2D eigenvalue weighted by molar-refractivity contribution is 8.00. The van der Waals surface area contributed by atoms with Crippen LogP contribution in [0.1, 0.15) is 17.7 Å². The van der Waals surface area contributed by atoms with Gasteiger partial charge >= 0.3 is 0 Å². The van der Waals surface area contributed by atoms with Gasteiger partial charge in [-0.05, 0) is 23.9 Å². The number of hydrogen-bond acceptors (Lipinski definition) is 6. The third-order valence-electron chi connectivity index (χ3n) is 5.07. The van der Waals surface area contributed by atoms with E-state index in [1.54, 1.807) is 40.1 Å². The zero-order chi connectivity index (χ0) is 19.9. The number of thioether (sulfide) groups is 1. The molecule has 2 aromatic rings. The number of anilines is 1. The number of amides is 2. The van der Waals surface area contributed by atoms with Crippen LogP contribution < -0.4 is 14.8 Å². The molecule has 2 fully saturated rings. The van der Waals surface area contributed by atoms with Crippen molar-refractivity contribution in [3.63, 3.8) is 0 Å². The molecule has 0 radical (unpaired) electrons. The minimum atomic E-state index is -0.548. The molecule has 2 saturated heterocycles. The number of hydrogen-bond donors (Lipinski definition) is 1. The molecule has 0 bridgehead atoms. The van der Waals surface area contributed by atoms with Crippen LogP contribution in [0.25, 0.3) is 0 Å². The van der Waals surface area contributed by atoms with E-state index >= 15 is 0 Å². The summed E-state index contributed by atoms with van der Waals surface area (Å²) in [5.41, 5.74) is 0.448. The summed E-state index contributed by atoms with van der Waals surface area (Å²) in [4.78, 5) is 28.2. The van der Waals surface area contributed by atoms with Gasteiger partial charge in [0.2, 0.25) is 11.8 Å². The number of halogens is 1.